The SMILES string of the molecule is CCCn1c(CN(CCC(C)C)C(=O)Cc2cccc(OC)c2)nc2ccc(F)cc21. The van der Waals surface area contributed by atoms with Crippen LogP contribution in [0.15, 0.2) is 42.5 Å². The van der Waals surface area contributed by atoms with E-state index in [1.165, 1.54) is 12.1 Å². The van der Waals surface area contributed by atoms with E-state index in [4.69, 9.17) is 9.72 Å². The van der Waals surface area contributed by atoms with E-state index in [0.29, 0.717) is 25.4 Å². The maximum absolute atomic E-state index is 13.9. The van der Waals surface area contributed by atoms with Gasteiger partial charge in [0.1, 0.15) is 17.4 Å². The minimum atomic E-state index is -0.276. The summed E-state index contributed by atoms with van der Waals surface area (Å²) in [6.45, 7) is 8.19. The van der Waals surface area contributed by atoms with Crippen molar-refractivity contribution in [3.8, 4) is 5.75 Å². The predicted molar refractivity (Wildman–Crippen MR) is 122 cm³/mol. The first-order valence-electron chi connectivity index (χ1n) is 11.0. The first-order chi connectivity index (χ1) is 14.9. The van der Waals surface area contributed by atoms with Gasteiger partial charge in [-0.15, -0.1) is 0 Å². The molecule has 0 unspecified atom stereocenters. The number of hydrogen-bond donors (Lipinski definition) is 0. The van der Waals surface area contributed by atoms with E-state index in [1.54, 1.807) is 13.2 Å². The number of rotatable bonds is 10. The first kappa shape index (κ1) is 22.8. The van der Waals surface area contributed by atoms with E-state index in [0.717, 1.165) is 47.6 Å². The number of ether oxygens (including phenoxy) is 1. The number of amides is 1. The highest BCUT2D eigenvalue weighted by Gasteiger charge is 2.20. The van der Waals surface area contributed by atoms with Crippen LogP contribution >= 0.6 is 0 Å². The van der Waals surface area contributed by atoms with Crippen LogP contribution in [0.2, 0.25) is 0 Å². The van der Waals surface area contributed by atoms with Gasteiger partial charge in [-0.25, -0.2) is 9.37 Å². The number of benzene rings is 2. The lowest BCUT2D eigenvalue weighted by atomic mass is 10.1. The Bertz CT molecular complexity index is 1030. The van der Waals surface area contributed by atoms with Crippen LogP contribution in [-0.4, -0.2) is 34.0 Å². The van der Waals surface area contributed by atoms with Crippen LogP contribution < -0.4 is 4.74 Å². The number of carbonyl (C=O) groups is 1. The molecule has 0 N–H and O–H groups in total. The summed E-state index contributed by atoms with van der Waals surface area (Å²) in [5.74, 6) is 1.80. The van der Waals surface area contributed by atoms with Crippen molar-refractivity contribution in [2.75, 3.05) is 13.7 Å². The molecule has 3 aromatic rings. The number of fused-ring (bicyclic) bond motifs is 1. The number of hydrogen-bond acceptors (Lipinski definition) is 3. The van der Waals surface area contributed by atoms with Crippen LogP contribution in [0, 0.1) is 11.7 Å². The largest absolute Gasteiger partial charge is 0.497 e. The van der Waals surface area contributed by atoms with Crippen LogP contribution in [0.25, 0.3) is 11.0 Å². The number of carbonyl (C=O) groups excluding carboxylic acids is 1. The van der Waals surface area contributed by atoms with E-state index in [1.807, 2.05) is 33.7 Å². The number of aromatic nitrogens is 2. The fourth-order valence-corrected chi connectivity index (χ4v) is 3.69. The number of methoxy groups -OCH3 is 1. The predicted octanol–water partition coefficient (Wildman–Crippen LogP) is 5.21. The summed E-state index contributed by atoms with van der Waals surface area (Å²) in [5, 5.41) is 0. The molecular weight excluding hydrogens is 393 g/mol. The smallest absolute Gasteiger partial charge is 0.227 e. The molecule has 5 nitrogen and oxygen atoms in total. The Morgan fingerprint density at radius 3 is 2.74 bits per heavy atom. The lowest BCUT2D eigenvalue weighted by Gasteiger charge is -2.24. The molecule has 3 rings (SSSR count). The van der Waals surface area contributed by atoms with Crippen molar-refractivity contribution in [2.45, 2.75) is 53.1 Å². The van der Waals surface area contributed by atoms with Crippen molar-refractivity contribution in [3.63, 3.8) is 0 Å². The fraction of sp³-hybridized carbons (Fsp3) is 0.440. The molecule has 0 fully saturated rings. The summed E-state index contributed by atoms with van der Waals surface area (Å²) in [7, 11) is 1.62. The third-order valence-electron chi connectivity index (χ3n) is 5.39. The second-order valence-electron chi connectivity index (χ2n) is 8.34. The molecule has 0 aliphatic rings. The average molecular weight is 426 g/mol. The second-order valence-corrected chi connectivity index (χ2v) is 8.34. The van der Waals surface area contributed by atoms with E-state index < -0.39 is 0 Å². The highest BCUT2D eigenvalue weighted by Crippen LogP contribution is 2.21. The molecule has 1 aromatic heterocycles. The standard InChI is InChI=1S/C25H32FN3O2/c1-5-12-29-23-16-20(26)9-10-22(23)27-24(29)17-28(13-11-18(2)3)25(30)15-19-7-6-8-21(14-19)31-4/h6-10,14,16,18H,5,11-13,15,17H2,1-4H3. The molecule has 6 heteroatoms. The average Bonchev–Trinajstić information content (AvgIpc) is 3.07. The lowest BCUT2D eigenvalue weighted by molar-refractivity contribution is -0.131. The maximum Gasteiger partial charge on any atom is 0.227 e. The zero-order chi connectivity index (χ0) is 22.4. The zero-order valence-electron chi connectivity index (χ0n) is 18.9. The van der Waals surface area contributed by atoms with Gasteiger partial charge in [-0.05, 0) is 54.7 Å². The van der Waals surface area contributed by atoms with Crippen molar-refractivity contribution in [2.24, 2.45) is 5.92 Å². The minimum Gasteiger partial charge on any atom is -0.497 e. The van der Waals surface area contributed by atoms with Gasteiger partial charge >= 0.3 is 0 Å². The molecule has 2 aromatic carbocycles. The summed E-state index contributed by atoms with van der Waals surface area (Å²) in [5.41, 5.74) is 2.46. The summed E-state index contributed by atoms with van der Waals surface area (Å²) in [6, 6.07) is 12.3. The Labute approximate surface area is 183 Å². The maximum atomic E-state index is 13.9. The van der Waals surface area contributed by atoms with Crippen LogP contribution in [-0.2, 0) is 24.3 Å². The van der Waals surface area contributed by atoms with Crippen LogP contribution in [0.1, 0.15) is 45.0 Å². The number of nitrogens with zero attached hydrogens (tertiary/aromatic N) is 3. The highest BCUT2D eigenvalue weighted by molar-refractivity contribution is 5.79. The lowest BCUT2D eigenvalue weighted by Crippen LogP contribution is -2.34. The van der Waals surface area contributed by atoms with Gasteiger partial charge in [-0.1, -0.05) is 32.9 Å². The van der Waals surface area contributed by atoms with Crippen molar-refractivity contribution >= 4 is 16.9 Å². The van der Waals surface area contributed by atoms with Gasteiger partial charge in [-0.2, -0.15) is 0 Å². The number of aryl methyl sites for hydroxylation is 1. The van der Waals surface area contributed by atoms with Crippen molar-refractivity contribution in [1.82, 2.24) is 14.5 Å². The van der Waals surface area contributed by atoms with E-state index in [-0.39, 0.29) is 11.7 Å². The van der Waals surface area contributed by atoms with Crippen LogP contribution in [0.5, 0.6) is 5.75 Å². The number of halogens is 1. The third kappa shape index (κ3) is 5.84. The van der Waals surface area contributed by atoms with Gasteiger partial charge in [0.15, 0.2) is 0 Å². The zero-order valence-corrected chi connectivity index (χ0v) is 18.9. The Kier molecular flexibility index (Phi) is 7.66. The Morgan fingerprint density at radius 2 is 2.03 bits per heavy atom. The van der Waals surface area contributed by atoms with Gasteiger partial charge in [0, 0.05) is 13.1 Å². The molecule has 1 amide bonds. The first-order valence-corrected chi connectivity index (χ1v) is 11.0. The second kappa shape index (κ2) is 10.4. The molecule has 0 aliphatic heterocycles. The van der Waals surface area contributed by atoms with E-state index in [9.17, 15) is 9.18 Å². The molecule has 0 atom stereocenters. The van der Waals surface area contributed by atoms with Crippen LogP contribution in [0.4, 0.5) is 4.39 Å². The molecule has 0 aliphatic carbocycles. The molecule has 166 valence electrons. The summed E-state index contributed by atoms with van der Waals surface area (Å²) >= 11 is 0. The van der Waals surface area contributed by atoms with Gasteiger partial charge in [-0.3, -0.25) is 4.79 Å². The molecular formula is C25H32FN3O2. The third-order valence-corrected chi connectivity index (χ3v) is 5.39. The van der Waals surface area contributed by atoms with Crippen molar-refractivity contribution in [3.05, 3.63) is 59.7 Å². The Morgan fingerprint density at radius 1 is 1.23 bits per heavy atom. The minimum absolute atomic E-state index is 0.0511. The van der Waals surface area contributed by atoms with E-state index >= 15 is 0 Å². The number of imidazole rings is 1. The highest BCUT2D eigenvalue weighted by atomic mass is 19.1. The quantitative estimate of drug-likeness (QED) is 0.448. The monoisotopic (exact) mass is 425 g/mol. The summed E-state index contributed by atoms with van der Waals surface area (Å²) in [4.78, 5) is 19.9. The molecule has 0 saturated heterocycles. The van der Waals surface area contributed by atoms with Gasteiger partial charge in [0.25, 0.3) is 0 Å². The van der Waals surface area contributed by atoms with Crippen molar-refractivity contribution in [1.29, 1.82) is 0 Å². The topological polar surface area (TPSA) is 47.4 Å². The molecule has 0 spiro atoms. The van der Waals surface area contributed by atoms with Crippen LogP contribution in [0.3, 0.4) is 0 Å². The molecule has 31 heavy (non-hydrogen) atoms. The van der Waals surface area contributed by atoms with Gasteiger partial charge in [0.2, 0.25) is 5.91 Å². The normalized spacial score (nSPS) is 11.3. The van der Waals surface area contributed by atoms with Crippen molar-refractivity contribution < 1.29 is 13.9 Å². The van der Waals surface area contributed by atoms with Gasteiger partial charge < -0.3 is 14.2 Å². The van der Waals surface area contributed by atoms with E-state index in [2.05, 4.69) is 20.8 Å². The molecule has 0 saturated carbocycles. The summed E-state index contributed by atoms with van der Waals surface area (Å²) in [6.07, 6.45) is 2.11. The molecule has 1 heterocycles. The summed E-state index contributed by atoms with van der Waals surface area (Å²) < 4.78 is 21.2. The molecule has 0 radical (unpaired) electrons. The Balaban J connectivity index is 1.88. The van der Waals surface area contributed by atoms with Gasteiger partial charge in [0.05, 0.1) is 31.1 Å². The fourth-order valence-electron chi connectivity index (χ4n) is 3.69. The Hall–Kier alpha value is -2.89. The molecule has 0 bridgehead atoms.